The molecule has 1 heterocycles. The lowest BCUT2D eigenvalue weighted by Crippen LogP contribution is -2.35. The van der Waals surface area contributed by atoms with Gasteiger partial charge in [0, 0.05) is 18.8 Å². The summed E-state index contributed by atoms with van der Waals surface area (Å²) in [6.07, 6.45) is 0.0747. The highest BCUT2D eigenvalue weighted by molar-refractivity contribution is 5.95. The highest BCUT2D eigenvalue weighted by atomic mass is 16.5. The molecule has 0 aliphatic heterocycles. The van der Waals surface area contributed by atoms with Crippen molar-refractivity contribution in [1.29, 1.82) is 5.26 Å². The van der Waals surface area contributed by atoms with Crippen molar-refractivity contribution in [2.45, 2.75) is 19.4 Å². The molecule has 29 heavy (non-hydrogen) atoms. The van der Waals surface area contributed by atoms with E-state index in [0.717, 1.165) is 0 Å². The van der Waals surface area contributed by atoms with Crippen LogP contribution in [0, 0.1) is 11.3 Å². The fourth-order valence-corrected chi connectivity index (χ4v) is 2.89. The van der Waals surface area contributed by atoms with Crippen LogP contribution >= 0.6 is 0 Å². The number of nitriles is 1. The van der Waals surface area contributed by atoms with E-state index in [4.69, 9.17) is 14.4 Å². The highest BCUT2D eigenvalue weighted by Gasteiger charge is 2.18. The second-order valence-electron chi connectivity index (χ2n) is 6.19. The normalized spacial score (nSPS) is 10.4. The molecule has 3 rings (SSSR count). The number of aryl methyl sites for hydroxylation is 1. The number of carbonyl (C=O) groups is 2. The number of hydrogen-bond acceptors (Lipinski definition) is 6. The summed E-state index contributed by atoms with van der Waals surface area (Å²) < 4.78 is 11.5. The summed E-state index contributed by atoms with van der Waals surface area (Å²) in [6.45, 7) is -0.160. The van der Waals surface area contributed by atoms with Gasteiger partial charge in [0.05, 0.1) is 24.4 Å². The summed E-state index contributed by atoms with van der Waals surface area (Å²) in [5, 5.41) is 8.81. The molecule has 0 bridgehead atoms. The summed E-state index contributed by atoms with van der Waals surface area (Å²) in [4.78, 5) is 37.9. The smallest absolute Gasteiger partial charge is 0.419 e. The molecule has 0 fully saturated rings. The molecule has 0 aliphatic rings. The molecule has 0 N–H and O–H groups in total. The second-order valence-corrected chi connectivity index (χ2v) is 6.19. The fourth-order valence-electron chi connectivity index (χ4n) is 2.89. The number of hydrogen-bond donors (Lipinski definition) is 0. The number of nitrogens with zero attached hydrogens (tertiary/aromatic N) is 3. The summed E-state index contributed by atoms with van der Waals surface area (Å²) in [5.74, 6) is -1.59. The van der Waals surface area contributed by atoms with Crippen molar-refractivity contribution >= 4 is 28.7 Å². The number of amides is 1. The Morgan fingerprint density at radius 1 is 1.10 bits per heavy atom. The van der Waals surface area contributed by atoms with Crippen molar-refractivity contribution in [2.75, 3.05) is 18.1 Å². The van der Waals surface area contributed by atoms with Crippen LogP contribution in [0.1, 0.15) is 12.8 Å². The molecule has 1 amide bonds. The Hall–Kier alpha value is -3.86. The lowest BCUT2D eigenvalue weighted by molar-refractivity contribution is -0.148. The maximum Gasteiger partial charge on any atom is 0.419 e. The molecule has 1 aromatic heterocycles. The van der Waals surface area contributed by atoms with Gasteiger partial charge in [-0.1, -0.05) is 30.3 Å². The molecule has 8 nitrogen and oxygen atoms in total. The Labute approximate surface area is 166 Å². The van der Waals surface area contributed by atoms with E-state index in [1.807, 2.05) is 12.1 Å². The maximum absolute atomic E-state index is 12.5. The third-order valence-electron chi connectivity index (χ3n) is 4.29. The summed E-state index contributed by atoms with van der Waals surface area (Å²) >= 11 is 0. The van der Waals surface area contributed by atoms with Gasteiger partial charge in [-0.25, -0.2) is 4.79 Å². The zero-order valence-electron chi connectivity index (χ0n) is 15.6. The minimum Gasteiger partial charge on any atom is -0.455 e. The predicted molar refractivity (Wildman–Crippen MR) is 105 cm³/mol. The number of anilines is 1. The van der Waals surface area contributed by atoms with Crippen molar-refractivity contribution in [2.24, 2.45) is 0 Å². The molecule has 0 atom stereocenters. The van der Waals surface area contributed by atoms with Crippen molar-refractivity contribution in [3.05, 3.63) is 65.1 Å². The number of benzene rings is 2. The van der Waals surface area contributed by atoms with E-state index < -0.39 is 24.2 Å². The van der Waals surface area contributed by atoms with Crippen LogP contribution in [-0.4, -0.2) is 29.6 Å². The van der Waals surface area contributed by atoms with Gasteiger partial charge in [-0.15, -0.1) is 0 Å². The van der Waals surface area contributed by atoms with Crippen LogP contribution in [0.2, 0.25) is 0 Å². The summed E-state index contributed by atoms with van der Waals surface area (Å²) in [6, 6.07) is 17.8. The fraction of sp³-hybridized carbons (Fsp3) is 0.238. The Morgan fingerprint density at radius 3 is 2.59 bits per heavy atom. The largest absolute Gasteiger partial charge is 0.455 e. The lowest BCUT2D eigenvalue weighted by Gasteiger charge is -2.21. The third-order valence-corrected chi connectivity index (χ3v) is 4.29. The van der Waals surface area contributed by atoms with Crippen molar-refractivity contribution < 1.29 is 18.7 Å². The first-order valence-corrected chi connectivity index (χ1v) is 9.06. The van der Waals surface area contributed by atoms with E-state index in [1.54, 1.807) is 48.5 Å². The van der Waals surface area contributed by atoms with Gasteiger partial charge in [0.2, 0.25) is 0 Å². The number of aromatic nitrogens is 1. The average Bonchev–Trinajstić information content (AvgIpc) is 3.06. The highest BCUT2D eigenvalue weighted by Crippen LogP contribution is 2.15. The second kappa shape index (κ2) is 9.37. The van der Waals surface area contributed by atoms with Crippen molar-refractivity contribution in [3.63, 3.8) is 0 Å². The van der Waals surface area contributed by atoms with Gasteiger partial charge in [-0.3, -0.25) is 14.2 Å². The molecular weight excluding hydrogens is 374 g/mol. The molecular formula is C21H19N3O5. The Bertz CT molecular complexity index is 1090. The van der Waals surface area contributed by atoms with E-state index in [1.165, 1.54) is 9.47 Å². The van der Waals surface area contributed by atoms with Crippen LogP contribution in [0.5, 0.6) is 0 Å². The zero-order valence-corrected chi connectivity index (χ0v) is 15.6. The van der Waals surface area contributed by atoms with Crippen LogP contribution in [0.3, 0.4) is 0 Å². The Kier molecular flexibility index (Phi) is 6.43. The molecule has 8 heteroatoms. The number of fused-ring (bicyclic) bond motifs is 1. The average molecular weight is 393 g/mol. The molecule has 0 aliphatic carbocycles. The van der Waals surface area contributed by atoms with Crippen LogP contribution in [0.25, 0.3) is 11.1 Å². The lowest BCUT2D eigenvalue weighted by atomic mass is 10.2. The van der Waals surface area contributed by atoms with E-state index in [2.05, 4.69) is 0 Å². The zero-order chi connectivity index (χ0) is 20.6. The number of para-hydroxylation sites is 3. The van der Waals surface area contributed by atoms with Gasteiger partial charge in [0.1, 0.15) is 0 Å². The van der Waals surface area contributed by atoms with E-state index in [9.17, 15) is 14.4 Å². The first-order chi connectivity index (χ1) is 14.1. The Balaban J connectivity index is 1.57. The summed E-state index contributed by atoms with van der Waals surface area (Å²) in [7, 11) is 0. The van der Waals surface area contributed by atoms with Crippen LogP contribution in [0.15, 0.2) is 63.8 Å². The predicted octanol–water partition coefficient (Wildman–Crippen LogP) is 2.47. The van der Waals surface area contributed by atoms with E-state index in [0.29, 0.717) is 16.8 Å². The number of esters is 1. The van der Waals surface area contributed by atoms with Gasteiger partial charge in [0.25, 0.3) is 5.91 Å². The van der Waals surface area contributed by atoms with Crippen molar-refractivity contribution in [3.8, 4) is 6.07 Å². The molecule has 0 saturated carbocycles. The molecule has 148 valence electrons. The third kappa shape index (κ3) is 4.90. The minimum absolute atomic E-state index is 0.0830. The molecule has 0 radical (unpaired) electrons. The summed E-state index contributed by atoms with van der Waals surface area (Å²) in [5.41, 5.74) is 1.66. The molecule has 0 unspecified atom stereocenters. The van der Waals surface area contributed by atoms with Crippen LogP contribution < -0.4 is 10.7 Å². The SMILES string of the molecule is N#CCCN(C(=O)COC(=O)CCn1c(=O)oc2ccccc21)c1ccccc1. The minimum atomic E-state index is -0.608. The van der Waals surface area contributed by atoms with Gasteiger partial charge < -0.3 is 14.1 Å². The first-order valence-electron chi connectivity index (χ1n) is 9.06. The van der Waals surface area contributed by atoms with Gasteiger partial charge in [0.15, 0.2) is 12.2 Å². The van der Waals surface area contributed by atoms with Gasteiger partial charge in [-0.2, -0.15) is 5.26 Å². The van der Waals surface area contributed by atoms with Crippen LogP contribution in [0.4, 0.5) is 5.69 Å². The maximum atomic E-state index is 12.5. The number of oxazole rings is 1. The monoisotopic (exact) mass is 393 g/mol. The molecule has 0 spiro atoms. The number of ether oxygens (including phenoxy) is 1. The van der Waals surface area contributed by atoms with Crippen molar-refractivity contribution in [1.82, 2.24) is 4.57 Å². The Morgan fingerprint density at radius 2 is 1.83 bits per heavy atom. The topological polar surface area (TPSA) is 106 Å². The standard InChI is InChI=1S/C21H19N3O5/c22-12-6-13-23(16-7-2-1-3-8-16)19(25)15-28-20(26)11-14-24-17-9-4-5-10-18(17)29-21(24)27/h1-5,7-10H,6,11,13-15H2. The molecule has 3 aromatic rings. The number of rotatable bonds is 8. The van der Waals surface area contributed by atoms with Gasteiger partial charge >= 0.3 is 11.7 Å². The molecule has 0 saturated heterocycles. The van der Waals surface area contributed by atoms with E-state index >= 15 is 0 Å². The van der Waals surface area contributed by atoms with Gasteiger partial charge in [-0.05, 0) is 24.3 Å². The molecule has 2 aromatic carbocycles. The number of carbonyl (C=O) groups excluding carboxylic acids is 2. The van der Waals surface area contributed by atoms with E-state index in [-0.39, 0.29) is 25.9 Å². The quantitative estimate of drug-likeness (QED) is 0.545. The first kappa shape index (κ1) is 19.9. The van der Waals surface area contributed by atoms with Crippen LogP contribution in [-0.2, 0) is 20.9 Å².